The molecule has 14 heteroatoms. The summed E-state index contributed by atoms with van der Waals surface area (Å²) in [6.45, 7) is 2.75. The molecule has 3 fully saturated rings. The molecule has 0 aromatic rings. The molecule has 13 N–H and O–H groups in total. The number of aliphatic hydroxyl groups excluding tert-OH is 5. The summed E-state index contributed by atoms with van der Waals surface area (Å²) in [5.41, 5.74) is 17.0. The molecule has 15 atom stereocenters. The van der Waals surface area contributed by atoms with Gasteiger partial charge >= 0.3 is 0 Å². The maximum absolute atomic E-state index is 11.1. The fourth-order valence-electron chi connectivity index (χ4n) is 4.95. The van der Waals surface area contributed by atoms with Crippen LogP contribution < -0.4 is 22.5 Å². The number of ether oxygens (including phenoxy) is 4. The summed E-state index contributed by atoms with van der Waals surface area (Å²) in [4.78, 5) is 0. The van der Waals surface area contributed by atoms with Gasteiger partial charge in [-0.2, -0.15) is 0 Å². The first-order chi connectivity index (χ1) is 15.8. The molecule has 34 heavy (non-hydrogen) atoms. The number of hydrogen-bond donors (Lipinski definition) is 10. The molecule has 2 aliphatic heterocycles. The molecule has 0 bridgehead atoms. The highest BCUT2D eigenvalue weighted by Gasteiger charge is 2.52. The predicted octanol–water partition coefficient (Wildman–Crippen LogP) is -5.61. The van der Waals surface area contributed by atoms with Gasteiger partial charge in [0.05, 0.1) is 24.8 Å². The number of likely N-dealkylation sites (N-methyl/N-ethyl adjacent to an activating group) is 1. The average Bonchev–Trinajstić information content (AvgIpc) is 2.75. The summed E-state index contributed by atoms with van der Waals surface area (Å²) in [5, 5.41) is 65.2. The number of aliphatic hydroxyl groups is 6. The number of nitrogens with one attached hydrogen (secondary N) is 1. The van der Waals surface area contributed by atoms with Crippen molar-refractivity contribution < 1.29 is 49.6 Å². The molecule has 1 saturated carbocycles. The molecule has 1 aliphatic carbocycles. The van der Waals surface area contributed by atoms with Crippen molar-refractivity contribution in [3.05, 3.63) is 0 Å². The maximum Gasteiger partial charge on any atom is 0.185 e. The van der Waals surface area contributed by atoms with E-state index in [1.807, 2.05) is 0 Å². The van der Waals surface area contributed by atoms with E-state index in [0.29, 0.717) is 0 Å². The van der Waals surface area contributed by atoms with Gasteiger partial charge in [-0.1, -0.05) is 0 Å². The standard InChI is InChI=1S/C20H40N4O10/c1-6(25)14-11(27)10(26)9(23)18(32-14)33-15-7(21)4-8(22)16(12(15)28)34-19-13(29)17(24-3)20(2,30)5-31-19/h6-19,24-30H,4-5,21-23H2,1-3H3/t6-,7+,8-,9-,10+,11+,12+,13-,14+,15-,16+,17-,18-,19-,20+/m1/s1. The quantitative estimate of drug-likeness (QED) is 0.165. The summed E-state index contributed by atoms with van der Waals surface area (Å²) in [6, 6.07) is -3.47. The van der Waals surface area contributed by atoms with Crippen LogP contribution in [0, 0.1) is 0 Å². The van der Waals surface area contributed by atoms with Gasteiger partial charge in [-0.3, -0.25) is 0 Å². The van der Waals surface area contributed by atoms with E-state index in [-0.39, 0.29) is 13.0 Å². The van der Waals surface area contributed by atoms with Gasteiger partial charge in [-0.05, 0) is 27.3 Å². The van der Waals surface area contributed by atoms with Crippen molar-refractivity contribution >= 4 is 0 Å². The number of rotatable bonds is 6. The highest BCUT2D eigenvalue weighted by Crippen LogP contribution is 2.32. The van der Waals surface area contributed by atoms with Crippen molar-refractivity contribution in [2.45, 2.75) is 111 Å². The van der Waals surface area contributed by atoms with Crippen molar-refractivity contribution in [2.75, 3.05) is 13.7 Å². The van der Waals surface area contributed by atoms with Crippen LogP contribution in [-0.4, -0.2) is 135 Å². The highest BCUT2D eigenvalue weighted by atomic mass is 16.7. The Morgan fingerprint density at radius 1 is 0.941 bits per heavy atom. The maximum atomic E-state index is 11.1. The smallest absolute Gasteiger partial charge is 0.185 e. The van der Waals surface area contributed by atoms with E-state index in [1.165, 1.54) is 13.8 Å². The first-order valence-electron chi connectivity index (χ1n) is 11.4. The van der Waals surface area contributed by atoms with Crippen molar-refractivity contribution in [3.8, 4) is 0 Å². The Kier molecular flexibility index (Phi) is 8.92. The third-order valence-electron chi connectivity index (χ3n) is 6.95. The van der Waals surface area contributed by atoms with E-state index in [1.54, 1.807) is 7.05 Å². The second-order valence-electron chi connectivity index (χ2n) is 9.82. The van der Waals surface area contributed by atoms with Gasteiger partial charge < -0.3 is 72.1 Å². The molecule has 0 amide bonds. The van der Waals surface area contributed by atoms with Crippen LogP contribution in [0.4, 0.5) is 0 Å². The third kappa shape index (κ3) is 5.40. The molecular formula is C20H40N4O10. The zero-order chi connectivity index (χ0) is 25.5. The molecule has 2 heterocycles. The SMILES string of the molecule is CN[C@@H]1[C@@H](O)[C@@H](O[C@@H]2[C@@H](O)[C@H](O[C@H]3O[C@@H]([C@@H](C)O)[C@@H](O)[C@@H](O)[C@H]3N)[C@@H](N)C[C@H]2N)OC[C@]1(C)O. The first-order valence-corrected chi connectivity index (χ1v) is 11.4. The largest absolute Gasteiger partial charge is 0.391 e. The van der Waals surface area contributed by atoms with Crippen molar-refractivity contribution in [3.63, 3.8) is 0 Å². The predicted molar refractivity (Wildman–Crippen MR) is 116 cm³/mol. The van der Waals surface area contributed by atoms with E-state index >= 15 is 0 Å². The lowest BCUT2D eigenvalue weighted by atomic mass is 9.84. The van der Waals surface area contributed by atoms with Gasteiger partial charge in [0, 0.05) is 12.1 Å². The van der Waals surface area contributed by atoms with E-state index in [9.17, 15) is 30.6 Å². The van der Waals surface area contributed by atoms with Crippen molar-refractivity contribution in [1.82, 2.24) is 5.32 Å². The normalized spacial score (nSPS) is 53.5. The summed E-state index contributed by atoms with van der Waals surface area (Å²) in [7, 11) is 1.58. The zero-order valence-corrected chi connectivity index (χ0v) is 19.5. The van der Waals surface area contributed by atoms with Gasteiger partial charge in [-0.15, -0.1) is 0 Å². The molecule has 0 radical (unpaired) electrons. The molecule has 0 spiro atoms. The molecule has 0 aromatic heterocycles. The van der Waals surface area contributed by atoms with Crippen LogP contribution in [0.5, 0.6) is 0 Å². The summed E-state index contributed by atoms with van der Waals surface area (Å²) in [6.07, 6.45) is -12.4. The van der Waals surface area contributed by atoms with E-state index in [4.69, 9.17) is 36.1 Å². The lowest BCUT2D eigenvalue weighted by Crippen LogP contribution is -2.69. The van der Waals surface area contributed by atoms with Crippen molar-refractivity contribution in [1.29, 1.82) is 0 Å². The Morgan fingerprint density at radius 2 is 1.50 bits per heavy atom. The monoisotopic (exact) mass is 496 g/mol. The topological polar surface area (TPSA) is 248 Å². The minimum Gasteiger partial charge on any atom is -0.391 e. The van der Waals surface area contributed by atoms with Crippen molar-refractivity contribution in [2.24, 2.45) is 17.2 Å². The second-order valence-corrected chi connectivity index (χ2v) is 9.82. The van der Waals surface area contributed by atoms with Crippen LogP contribution in [0.15, 0.2) is 0 Å². The summed E-state index contributed by atoms with van der Waals surface area (Å²) >= 11 is 0. The van der Waals surface area contributed by atoms with E-state index < -0.39 is 91.2 Å². The van der Waals surface area contributed by atoms with Crippen LogP contribution in [0.1, 0.15) is 20.3 Å². The van der Waals surface area contributed by atoms with Gasteiger partial charge in [-0.25, -0.2) is 0 Å². The molecule has 0 aromatic carbocycles. The fraction of sp³-hybridized carbons (Fsp3) is 1.00. The van der Waals surface area contributed by atoms with Crippen LogP contribution in [0.25, 0.3) is 0 Å². The summed E-state index contributed by atoms with van der Waals surface area (Å²) in [5.74, 6) is 0. The van der Waals surface area contributed by atoms with Crippen LogP contribution >= 0.6 is 0 Å². The second kappa shape index (κ2) is 10.8. The number of hydrogen-bond acceptors (Lipinski definition) is 14. The Labute approximate surface area is 197 Å². The van der Waals surface area contributed by atoms with E-state index in [2.05, 4.69) is 5.32 Å². The number of nitrogens with two attached hydrogens (primary N) is 3. The third-order valence-corrected chi connectivity index (χ3v) is 6.95. The Bertz CT molecular complexity index is 675. The minimum atomic E-state index is -1.46. The highest BCUT2D eigenvalue weighted by molar-refractivity contribution is 5.02. The molecule has 2 saturated heterocycles. The van der Waals surface area contributed by atoms with Crippen LogP contribution in [0.2, 0.25) is 0 Å². The Morgan fingerprint density at radius 3 is 2.03 bits per heavy atom. The van der Waals surface area contributed by atoms with E-state index in [0.717, 1.165) is 0 Å². The zero-order valence-electron chi connectivity index (χ0n) is 19.5. The van der Waals surface area contributed by atoms with Crippen LogP contribution in [0.3, 0.4) is 0 Å². The van der Waals surface area contributed by atoms with Crippen LogP contribution in [-0.2, 0) is 18.9 Å². The van der Waals surface area contributed by atoms with Gasteiger partial charge in [0.2, 0.25) is 0 Å². The average molecular weight is 497 g/mol. The Balaban J connectivity index is 1.73. The molecule has 14 nitrogen and oxygen atoms in total. The molecule has 200 valence electrons. The summed E-state index contributed by atoms with van der Waals surface area (Å²) < 4.78 is 22.8. The fourth-order valence-corrected chi connectivity index (χ4v) is 4.95. The van der Waals surface area contributed by atoms with Gasteiger partial charge in [0.25, 0.3) is 0 Å². The minimum absolute atomic E-state index is 0.135. The molecule has 3 aliphatic rings. The van der Waals surface area contributed by atoms with Gasteiger partial charge in [0.15, 0.2) is 12.6 Å². The lowest BCUT2D eigenvalue weighted by molar-refractivity contribution is -0.319. The molecule has 3 rings (SSSR count). The molecule has 0 unspecified atom stereocenters. The van der Waals surface area contributed by atoms with Gasteiger partial charge in [0.1, 0.15) is 48.3 Å². The lowest BCUT2D eigenvalue weighted by Gasteiger charge is -2.49. The first kappa shape index (κ1) is 28.0. The Hall–Kier alpha value is -0.560. The molecular weight excluding hydrogens is 456 g/mol.